The summed E-state index contributed by atoms with van der Waals surface area (Å²) in [6, 6.07) is -1.76. The molecule has 1 fully saturated rings. The van der Waals surface area contributed by atoms with Crippen molar-refractivity contribution in [3.8, 4) is 0 Å². The molecule has 158 valence electrons. The van der Waals surface area contributed by atoms with Gasteiger partial charge in [0.2, 0.25) is 0 Å². The molecule has 0 aliphatic carbocycles. The molecule has 0 bridgehead atoms. The van der Waals surface area contributed by atoms with E-state index in [2.05, 4.69) is 0 Å². The Morgan fingerprint density at radius 2 is 1.65 bits per heavy atom. The van der Waals surface area contributed by atoms with Crippen LogP contribution < -0.4 is 17.2 Å². The van der Waals surface area contributed by atoms with Crippen LogP contribution in [0.15, 0.2) is 0 Å². The van der Waals surface area contributed by atoms with Crippen molar-refractivity contribution >= 4 is 20.8 Å². The van der Waals surface area contributed by atoms with E-state index in [1.54, 1.807) is 0 Å². The summed E-state index contributed by atoms with van der Waals surface area (Å²) in [7, 11) is 0. The molecule has 0 aromatic heterocycles. The monoisotopic (exact) mass is 455 g/mol. The van der Waals surface area contributed by atoms with Gasteiger partial charge in [-0.3, -0.25) is 4.79 Å². The maximum absolute atomic E-state index is 10.1. The van der Waals surface area contributed by atoms with Gasteiger partial charge in [-0.15, -0.1) is 0 Å². The van der Waals surface area contributed by atoms with E-state index >= 15 is 0 Å². The standard InChI is InChI=1S/C6H14N2O2.C6H13NO5.O2Se.H2O/c7-4-2-1-3-5(8)6(9)10;7-3-5(10)4(9)2(1-8)12-6(3)11;1-3-2;/h5H,1-4,7-8H2,(H,9,10);2-6,8-11H,1,7H2;;1H2/t;2-,3-,4-,5-,6?;;/m.1../s1. The van der Waals surface area contributed by atoms with E-state index in [1.165, 1.54) is 0 Å². The number of hydrogen-bond acceptors (Lipinski definition) is 11. The first-order chi connectivity index (χ1) is 11.7. The van der Waals surface area contributed by atoms with Crippen molar-refractivity contribution in [3.63, 3.8) is 0 Å². The van der Waals surface area contributed by atoms with Crippen LogP contribution in [-0.2, 0) is 17.2 Å². The number of carboxylic acids is 1. The van der Waals surface area contributed by atoms with E-state index < -0.39 is 64.1 Å². The molecule has 0 aromatic carbocycles. The Morgan fingerprint density at radius 3 is 2.04 bits per heavy atom. The third-order valence-electron chi connectivity index (χ3n) is 3.24. The minimum atomic E-state index is -1.62. The Labute approximate surface area is 156 Å². The summed E-state index contributed by atoms with van der Waals surface area (Å²) >= 11 is -1.62. The summed E-state index contributed by atoms with van der Waals surface area (Å²) in [6.45, 7) is 0.133. The fourth-order valence-electron chi connectivity index (χ4n) is 1.75. The zero-order valence-corrected chi connectivity index (χ0v) is 15.7. The number of carbonyl (C=O) groups is 1. The number of unbranched alkanes of at least 4 members (excludes halogenated alkanes) is 1. The molecular weight excluding hydrogens is 425 g/mol. The fourth-order valence-corrected chi connectivity index (χ4v) is 1.75. The van der Waals surface area contributed by atoms with Crippen LogP contribution in [0.25, 0.3) is 0 Å². The van der Waals surface area contributed by atoms with Crippen LogP contribution >= 0.6 is 0 Å². The average molecular weight is 454 g/mol. The van der Waals surface area contributed by atoms with Crippen LogP contribution in [0.1, 0.15) is 19.3 Å². The van der Waals surface area contributed by atoms with Crippen molar-refractivity contribution in [2.75, 3.05) is 13.2 Å². The second-order valence-electron chi connectivity index (χ2n) is 5.10. The SMILES string of the molecule is NCCCCC(N)C(=O)O.N[C@H]1C(O)O[C@H](CO)[C@@H](O)[C@@H]1O.O.O=[Se]=O. The molecule has 6 atom stereocenters. The van der Waals surface area contributed by atoms with Crippen molar-refractivity contribution in [3.05, 3.63) is 0 Å². The van der Waals surface area contributed by atoms with E-state index in [0.29, 0.717) is 13.0 Å². The van der Waals surface area contributed by atoms with Gasteiger partial charge in [0.25, 0.3) is 0 Å². The molecule has 2 unspecified atom stereocenters. The number of nitrogens with two attached hydrogens (primary N) is 3. The van der Waals surface area contributed by atoms with Crippen molar-refractivity contribution in [1.29, 1.82) is 0 Å². The Morgan fingerprint density at radius 1 is 1.15 bits per heavy atom. The fraction of sp³-hybridized carbons (Fsp3) is 0.917. The molecule has 1 rings (SSSR count). The van der Waals surface area contributed by atoms with Gasteiger partial charge in [-0.05, 0) is 19.4 Å². The number of aliphatic carboxylic acids is 1. The van der Waals surface area contributed by atoms with Gasteiger partial charge < -0.3 is 52.9 Å². The molecule has 14 heteroatoms. The summed E-state index contributed by atoms with van der Waals surface area (Å²) in [5.74, 6) is -0.933. The first-order valence-corrected chi connectivity index (χ1v) is 8.74. The van der Waals surface area contributed by atoms with Crippen molar-refractivity contribution in [2.45, 2.75) is 55.9 Å². The van der Waals surface area contributed by atoms with Crippen molar-refractivity contribution < 1.29 is 48.2 Å². The molecule has 1 aliphatic heterocycles. The maximum atomic E-state index is 10.1. The van der Waals surface area contributed by atoms with Crippen LogP contribution in [-0.4, -0.2) is 102 Å². The van der Waals surface area contributed by atoms with Crippen LogP contribution in [0.4, 0.5) is 0 Å². The Bertz CT molecular complexity index is 395. The number of hydrogen-bond donors (Lipinski definition) is 8. The Balaban J connectivity index is -0.000000347. The van der Waals surface area contributed by atoms with Crippen LogP contribution in [0, 0.1) is 0 Å². The predicted octanol–water partition coefficient (Wildman–Crippen LogP) is -5.17. The molecule has 1 aliphatic rings. The number of aliphatic hydroxyl groups excluding tert-OH is 4. The van der Waals surface area contributed by atoms with Gasteiger partial charge in [0.1, 0.15) is 24.4 Å². The summed E-state index contributed by atoms with van der Waals surface area (Å²) < 4.78 is 21.6. The number of carboxylic acid groups (broad SMARTS) is 1. The molecular formula is C12H29N3O10Se. The molecule has 0 aromatic rings. The van der Waals surface area contributed by atoms with Crippen LogP contribution in [0.3, 0.4) is 0 Å². The third-order valence-corrected chi connectivity index (χ3v) is 3.24. The molecule has 0 radical (unpaired) electrons. The first-order valence-electron chi connectivity index (χ1n) is 7.34. The number of ether oxygens (including phenoxy) is 1. The zero-order chi connectivity index (χ0) is 20.0. The van der Waals surface area contributed by atoms with E-state index in [1.807, 2.05) is 0 Å². The topological polar surface area (TPSA) is 271 Å². The molecule has 13 N–H and O–H groups in total. The predicted molar refractivity (Wildman–Crippen MR) is 87.2 cm³/mol. The number of aliphatic hydroxyl groups is 4. The molecule has 1 saturated heterocycles. The molecule has 26 heavy (non-hydrogen) atoms. The summed E-state index contributed by atoms with van der Waals surface area (Å²) in [5.41, 5.74) is 15.7. The minimum absolute atomic E-state index is 0. The van der Waals surface area contributed by atoms with Crippen LogP contribution in [0.2, 0.25) is 0 Å². The van der Waals surface area contributed by atoms with E-state index in [4.69, 9.17) is 44.9 Å². The Hall–Kier alpha value is -0.771. The van der Waals surface area contributed by atoms with E-state index in [-0.39, 0.29) is 5.48 Å². The summed E-state index contributed by atoms with van der Waals surface area (Å²) in [5, 5.41) is 44.4. The van der Waals surface area contributed by atoms with E-state index in [9.17, 15) is 15.0 Å². The van der Waals surface area contributed by atoms with Gasteiger partial charge in [-0.25, -0.2) is 0 Å². The molecule has 13 nitrogen and oxygen atoms in total. The normalized spacial score (nSPS) is 28.2. The molecule has 0 spiro atoms. The van der Waals surface area contributed by atoms with Crippen molar-refractivity contribution in [2.24, 2.45) is 17.2 Å². The van der Waals surface area contributed by atoms with Gasteiger partial charge in [-0.1, -0.05) is 6.42 Å². The third kappa shape index (κ3) is 12.6. The summed E-state index contributed by atoms with van der Waals surface area (Å²) in [4.78, 5) is 10.1. The number of rotatable bonds is 6. The van der Waals surface area contributed by atoms with Gasteiger partial charge in [-0.2, -0.15) is 0 Å². The van der Waals surface area contributed by atoms with Gasteiger partial charge >= 0.3 is 28.5 Å². The quantitative estimate of drug-likeness (QED) is 0.138. The summed E-state index contributed by atoms with van der Waals surface area (Å²) in [6.07, 6.45) is -2.69. The van der Waals surface area contributed by atoms with Gasteiger partial charge in [0.05, 0.1) is 12.6 Å². The Kier molecular flexibility index (Phi) is 20.3. The van der Waals surface area contributed by atoms with Gasteiger partial charge in [0, 0.05) is 0 Å². The zero-order valence-electron chi connectivity index (χ0n) is 14.0. The average Bonchev–Trinajstić information content (AvgIpc) is 2.57. The van der Waals surface area contributed by atoms with E-state index in [0.717, 1.165) is 12.8 Å². The molecule has 0 amide bonds. The molecule has 0 saturated carbocycles. The second kappa shape index (κ2) is 17.6. The van der Waals surface area contributed by atoms with Gasteiger partial charge in [0.15, 0.2) is 6.29 Å². The van der Waals surface area contributed by atoms with Crippen molar-refractivity contribution in [1.82, 2.24) is 0 Å². The first kappa shape index (κ1) is 30.0. The molecule has 1 heterocycles. The van der Waals surface area contributed by atoms with Crippen LogP contribution in [0.5, 0.6) is 0 Å². The second-order valence-corrected chi connectivity index (χ2v) is 5.39.